The normalized spacial score (nSPS) is 22.0. The molecule has 2 aromatic carbocycles. The number of rotatable bonds is 6. The van der Waals surface area contributed by atoms with E-state index in [1.54, 1.807) is 42.5 Å². The molecule has 0 saturated carbocycles. The maximum Gasteiger partial charge on any atom is 0.237 e. The summed E-state index contributed by atoms with van der Waals surface area (Å²) in [5.41, 5.74) is 1.21. The maximum atomic E-state index is 14.5. The summed E-state index contributed by atoms with van der Waals surface area (Å²) in [6.45, 7) is 6.34. The zero-order valence-corrected chi connectivity index (χ0v) is 17.7. The van der Waals surface area contributed by atoms with Crippen LogP contribution >= 0.6 is 0 Å². The van der Waals surface area contributed by atoms with Gasteiger partial charge in [-0.3, -0.25) is 10.1 Å². The summed E-state index contributed by atoms with van der Waals surface area (Å²) >= 11 is 0. The van der Waals surface area contributed by atoms with E-state index in [-0.39, 0.29) is 28.7 Å². The van der Waals surface area contributed by atoms with Crippen LogP contribution < -0.4 is 10.6 Å². The third kappa shape index (κ3) is 4.67. The molecule has 0 aliphatic carbocycles. The summed E-state index contributed by atoms with van der Waals surface area (Å²) in [7, 11) is -3.78. The second kappa shape index (κ2) is 8.63. The SMILES string of the molecule is Cc1ccc(S(=O)(=O)C2CC(C(=O)NCC(C)C)NC2c2ccccc2F)cc1. The summed E-state index contributed by atoms with van der Waals surface area (Å²) in [6, 6.07) is 11.2. The second-order valence-electron chi connectivity index (χ2n) is 7.99. The Balaban J connectivity index is 1.96. The van der Waals surface area contributed by atoms with Crippen molar-refractivity contribution in [3.05, 3.63) is 65.5 Å². The minimum Gasteiger partial charge on any atom is -0.354 e. The summed E-state index contributed by atoms with van der Waals surface area (Å²) in [6.07, 6.45) is 0.0825. The van der Waals surface area contributed by atoms with Gasteiger partial charge < -0.3 is 5.32 Å². The van der Waals surface area contributed by atoms with Gasteiger partial charge in [0.1, 0.15) is 5.82 Å². The predicted octanol–water partition coefficient (Wildman–Crippen LogP) is 3.15. The molecule has 3 rings (SSSR count). The van der Waals surface area contributed by atoms with Crippen LogP contribution in [0.3, 0.4) is 0 Å². The lowest BCUT2D eigenvalue weighted by atomic mass is 10.0. The molecule has 2 N–H and O–H groups in total. The Morgan fingerprint density at radius 1 is 1.17 bits per heavy atom. The zero-order chi connectivity index (χ0) is 21.2. The molecule has 1 fully saturated rings. The Hall–Kier alpha value is -2.25. The van der Waals surface area contributed by atoms with Crippen molar-refractivity contribution in [1.29, 1.82) is 0 Å². The van der Waals surface area contributed by atoms with Gasteiger partial charge in [0.05, 0.1) is 22.2 Å². The lowest BCUT2D eigenvalue weighted by Crippen LogP contribution is -2.42. The first kappa shape index (κ1) is 21.5. The number of sulfone groups is 1. The Morgan fingerprint density at radius 2 is 1.83 bits per heavy atom. The summed E-state index contributed by atoms with van der Waals surface area (Å²) in [5.74, 6) is -0.478. The number of benzene rings is 2. The van der Waals surface area contributed by atoms with Gasteiger partial charge in [-0.05, 0) is 37.5 Å². The largest absolute Gasteiger partial charge is 0.354 e. The van der Waals surface area contributed by atoms with Crippen molar-refractivity contribution in [3.63, 3.8) is 0 Å². The number of hydrogen-bond acceptors (Lipinski definition) is 4. The first-order valence-corrected chi connectivity index (χ1v) is 11.3. The van der Waals surface area contributed by atoms with Crippen LogP contribution in [0, 0.1) is 18.7 Å². The molecule has 1 saturated heterocycles. The highest BCUT2D eigenvalue weighted by atomic mass is 32.2. The van der Waals surface area contributed by atoms with Crippen molar-refractivity contribution in [2.45, 2.75) is 49.4 Å². The van der Waals surface area contributed by atoms with Crippen molar-refractivity contribution in [2.75, 3.05) is 6.54 Å². The Labute approximate surface area is 171 Å². The van der Waals surface area contributed by atoms with Crippen molar-refractivity contribution >= 4 is 15.7 Å². The second-order valence-corrected chi connectivity index (χ2v) is 10.2. The highest BCUT2D eigenvalue weighted by molar-refractivity contribution is 7.92. The number of aryl methyl sites for hydroxylation is 1. The number of halogens is 1. The van der Waals surface area contributed by atoms with Crippen LogP contribution in [0.25, 0.3) is 0 Å². The summed E-state index contributed by atoms with van der Waals surface area (Å²) in [5, 5.41) is 4.97. The van der Waals surface area contributed by atoms with Gasteiger partial charge in [0.2, 0.25) is 5.91 Å². The molecule has 1 aliphatic rings. The Morgan fingerprint density at radius 3 is 2.45 bits per heavy atom. The minimum atomic E-state index is -3.78. The first-order valence-electron chi connectivity index (χ1n) is 9.79. The van der Waals surface area contributed by atoms with Crippen LogP contribution in [0.15, 0.2) is 53.4 Å². The van der Waals surface area contributed by atoms with E-state index in [1.807, 2.05) is 20.8 Å². The van der Waals surface area contributed by atoms with Gasteiger partial charge in [-0.15, -0.1) is 0 Å². The van der Waals surface area contributed by atoms with Gasteiger partial charge in [-0.2, -0.15) is 0 Å². The molecule has 0 aromatic heterocycles. The molecule has 0 radical (unpaired) electrons. The third-order valence-corrected chi connectivity index (χ3v) is 7.40. The molecule has 3 unspecified atom stereocenters. The number of nitrogens with one attached hydrogen (secondary N) is 2. The van der Waals surface area contributed by atoms with E-state index in [9.17, 15) is 17.6 Å². The Kier molecular flexibility index (Phi) is 6.39. The molecule has 2 aromatic rings. The van der Waals surface area contributed by atoms with Crippen molar-refractivity contribution < 1.29 is 17.6 Å². The van der Waals surface area contributed by atoms with Crippen LogP contribution in [0.1, 0.15) is 37.4 Å². The average Bonchev–Trinajstić information content (AvgIpc) is 3.13. The molecule has 5 nitrogen and oxygen atoms in total. The first-order chi connectivity index (χ1) is 13.7. The molecule has 1 aliphatic heterocycles. The molecular weight excluding hydrogens is 391 g/mol. The highest BCUT2D eigenvalue weighted by Crippen LogP contribution is 2.36. The molecule has 3 atom stereocenters. The van der Waals surface area contributed by atoms with E-state index < -0.39 is 33.0 Å². The van der Waals surface area contributed by atoms with Gasteiger partial charge >= 0.3 is 0 Å². The van der Waals surface area contributed by atoms with Gasteiger partial charge in [-0.1, -0.05) is 49.7 Å². The van der Waals surface area contributed by atoms with Crippen LogP contribution in [0.5, 0.6) is 0 Å². The van der Waals surface area contributed by atoms with Gasteiger partial charge in [0, 0.05) is 12.1 Å². The van der Waals surface area contributed by atoms with Crippen molar-refractivity contribution in [3.8, 4) is 0 Å². The molecule has 29 heavy (non-hydrogen) atoms. The summed E-state index contributed by atoms with van der Waals surface area (Å²) in [4.78, 5) is 12.8. The minimum absolute atomic E-state index is 0.0825. The third-order valence-electron chi connectivity index (χ3n) is 5.21. The number of carbonyl (C=O) groups excluding carboxylic acids is 1. The monoisotopic (exact) mass is 418 g/mol. The highest BCUT2D eigenvalue weighted by Gasteiger charge is 2.46. The standard InChI is InChI=1S/C22H27FN2O3S/c1-14(2)13-24-22(26)19-12-20(21(25-19)17-6-4-5-7-18(17)23)29(27,28)16-10-8-15(3)9-11-16/h4-11,14,19-21,25H,12-13H2,1-3H3,(H,24,26). The van der Waals surface area contributed by atoms with E-state index in [2.05, 4.69) is 10.6 Å². The molecule has 1 heterocycles. The van der Waals surface area contributed by atoms with Crippen LogP contribution in [-0.2, 0) is 14.6 Å². The number of amides is 1. The van der Waals surface area contributed by atoms with Crippen molar-refractivity contribution in [2.24, 2.45) is 5.92 Å². The molecule has 0 bridgehead atoms. The smallest absolute Gasteiger partial charge is 0.237 e. The molecule has 0 spiro atoms. The number of hydrogen-bond donors (Lipinski definition) is 2. The molecule has 7 heteroatoms. The fourth-order valence-corrected chi connectivity index (χ4v) is 5.49. The fourth-order valence-electron chi connectivity index (χ4n) is 3.60. The number of carbonyl (C=O) groups is 1. The average molecular weight is 419 g/mol. The van der Waals surface area contributed by atoms with Crippen LogP contribution in [0.4, 0.5) is 4.39 Å². The van der Waals surface area contributed by atoms with Crippen LogP contribution in [0.2, 0.25) is 0 Å². The fraction of sp³-hybridized carbons (Fsp3) is 0.409. The van der Waals surface area contributed by atoms with E-state index in [0.29, 0.717) is 6.54 Å². The van der Waals surface area contributed by atoms with Crippen molar-refractivity contribution in [1.82, 2.24) is 10.6 Å². The topological polar surface area (TPSA) is 75.3 Å². The van der Waals surface area contributed by atoms with E-state index in [0.717, 1.165) is 5.56 Å². The van der Waals surface area contributed by atoms with E-state index in [1.165, 1.54) is 6.07 Å². The maximum absolute atomic E-state index is 14.5. The van der Waals surface area contributed by atoms with Gasteiger partial charge in [0.15, 0.2) is 9.84 Å². The van der Waals surface area contributed by atoms with E-state index >= 15 is 0 Å². The molecular formula is C22H27FN2O3S. The van der Waals surface area contributed by atoms with E-state index in [4.69, 9.17) is 0 Å². The van der Waals surface area contributed by atoms with Gasteiger partial charge in [-0.25, -0.2) is 12.8 Å². The Bertz CT molecular complexity index is 974. The lowest BCUT2D eigenvalue weighted by Gasteiger charge is -2.21. The predicted molar refractivity (Wildman–Crippen MR) is 111 cm³/mol. The zero-order valence-electron chi connectivity index (χ0n) is 16.9. The van der Waals surface area contributed by atoms with Gasteiger partial charge in [0.25, 0.3) is 0 Å². The lowest BCUT2D eigenvalue weighted by molar-refractivity contribution is -0.123. The quantitative estimate of drug-likeness (QED) is 0.756. The summed E-state index contributed by atoms with van der Waals surface area (Å²) < 4.78 is 41.3. The van der Waals surface area contributed by atoms with Crippen LogP contribution in [-0.4, -0.2) is 32.2 Å². The molecule has 156 valence electrons. The molecule has 1 amide bonds.